The van der Waals surface area contributed by atoms with Crippen LogP contribution in [0.1, 0.15) is 6.92 Å². The van der Waals surface area contributed by atoms with Crippen molar-refractivity contribution in [1.29, 1.82) is 0 Å². The number of anilines is 1. The van der Waals surface area contributed by atoms with Crippen LogP contribution in [0.15, 0.2) is 27.1 Å². The van der Waals surface area contributed by atoms with E-state index in [0.29, 0.717) is 6.04 Å². The minimum absolute atomic E-state index is 0.553. The number of hydrogen-bond donors (Lipinski definition) is 1. The van der Waals surface area contributed by atoms with Crippen LogP contribution < -0.4 is 10.2 Å². The van der Waals surface area contributed by atoms with Crippen molar-refractivity contribution in [2.45, 2.75) is 13.0 Å². The van der Waals surface area contributed by atoms with Gasteiger partial charge in [0.05, 0.1) is 5.69 Å². The van der Waals surface area contributed by atoms with Crippen molar-refractivity contribution < 1.29 is 0 Å². The van der Waals surface area contributed by atoms with Crippen molar-refractivity contribution in [3.63, 3.8) is 0 Å². The summed E-state index contributed by atoms with van der Waals surface area (Å²) in [5.74, 6) is 0. The number of halogens is 2. The lowest BCUT2D eigenvalue weighted by Gasteiger charge is -2.34. The van der Waals surface area contributed by atoms with Crippen molar-refractivity contribution in [2.75, 3.05) is 24.5 Å². The van der Waals surface area contributed by atoms with E-state index in [1.54, 1.807) is 0 Å². The zero-order chi connectivity index (χ0) is 10.8. The fourth-order valence-corrected chi connectivity index (χ4v) is 3.43. The van der Waals surface area contributed by atoms with Gasteiger partial charge in [0.2, 0.25) is 0 Å². The third-order valence-electron chi connectivity index (χ3n) is 2.62. The Morgan fingerprint density at radius 1 is 1.33 bits per heavy atom. The molecular weight excluding hydrogens is 320 g/mol. The van der Waals surface area contributed by atoms with Crippen molar-refractivity contribution in [1.82, 2.24) is 5.32 Å². The second kappa shape index (κ2) is 4.85. The summed E-state index contributed by atoms with van der Waals surface area (Å²) in [4.78, 5) is 2.41. The number of hydrogen-bond acceptors (Lipinski definition) is 2. The third-order valence-corrected chi connectivity index (χ3v) is 3.90. The Balaban J connectivity index is 2.28. The van der Waals surface area contributed by atoms with E-state index >= 15 is 0 Å². The van der Waals surface area contributed by atoms with Gasteiger partial charge in [0.15, 0.2) is 0 Å². The average molecular weight is 334 g/mol. The molecule has 1 N–H and O–H groups in total. The van der Waals surface area contributed by atoms with Gasteiger partial charge in [-0.1, -0.05) is 6.07 Å². The first-order chi connectivity index (χ1) is 7.18. The molecule has 82 valence electrons. The minimum Gasteiger partial charge on any atom is -0.367 e. The highest BCUT2D eigenvalue weighted by molar-refractivity contribution is 9.11. The summed E-state index contributed by atoms with van der Waals surface area (Å²) in [6.45, 7) is 5.39. The zero-order valence-corrected chi connectivity index (χ0v) is 11.8. The first-order valence-electron chi connectivity index (χ1n) is 5.11. The Hall–Kier alpha value is -0.0600. The van der Waals surface area contributed by atoms with Crippen LogP contribution in [0.3, 0.4) is 0 Å². The predicted octanol–water partition coefficient (Wildman–Crippen LogP) is 3.01. The van der Waals surface area contributed by atoms with Crippen molar-refractivity contribution in [2.24, 2.45) is 0 Å². The highest BCUT2D eigenvalue weighted by atomic mass is 79.9. The number of benzene rings is 1. The van der Waals surface area contributed by atoms with Crippen molar-refractivity contribution in [3.8, 4) is 0 Å². The van der Waals surface area contributed by atoms with E-state index in [0.717, 1.165) is 28.6 Å². The molecule has 0 radical (unpaired) electrons. The minimum atomic E-state index is 0.553. The van der Waals surface area contributed by atoms with Crippen LogP contribution in [0.5, 0.6) is 0 Å². The van der Waals surface area contributed by atoms with Gasteiger partial charge in [0.1, 0.15) is 0 Å². The van der Waals surface area contributed by atoms with Crippen LogP contribution in [0.4, 0.5) is 5.69 Å². The van der Waals surface area contributed by atoms with Crippen molar-refractivity contribution in [3.05, 3.63) is 27.1 Å². The molecule has 0 aliphatic carbocycles. The Kier molecular flexibility index (Phi) is 3.69. The second-order valence-electron chi connectivity index (χ2n) is 3.87. The van der Waals surface area contributed by atoms with E-state index < -0.39 is 0 Å². The summed E-state index contributed by atoms with van der Waals surface area (Å²) >= 11 is 7.22. The fraction of sp³-hybridized carbons (Fsp3) is 0.455. The molecule has 15 heavy (non-hydrogen) atoms. The van der Waals surface area contributed by atoms with Gasteiger partial charge in [-0.3, -0.25) is 0 Å². The zero-order valence-electron chi connectivity index (χ0n) is 8.63. The Morgan fingerprint density at radius 2 is 2.00 bits per heavy atom. The van der Waals surface area contributed by atoms with Gasteiger partial charge in [-0.25, -0.2) is 0 Å². The monoisotopic (exact) mass is 332 g/mol. The van der Waals surface area contributed by atoms with E-state index in [1.165, 1.54) is 5.69 Å². The highest BCUT2D eigenvalue weighted by Crippen LogP contribution is 2.34. The van der Waals surface area contributed by atoms with Crippen molar-refractivity contribution >= 4 is 37.5 Å². The Bertz CT molecular complexity index is 334. The average Bonchev–Trinajstić information content (AvgIpc) is 2.17. The molecule has 1 aromatic rings. The quantitative estimate of drug-likeness (QED) is 0.849. The standard InChI is InChI=1S/C11H14Br2N2/c1-8-7-15(6-5-14-8)11-9(12)3-2-4-10(11)13/h2-4,8,14H,5-7H2,1H3. The molecule has 2 rings (SSSR count). The van der Waals surface area contributed by atoms with Gasteiger partial charge in [-0.2, -0.15) is 0 Å². The van der Waals surface area contributed by atoms with E-state index in [1.807, 2.05) is 6.07 Å². The Labute approximate surface area is 107 Å². The molecule has 1 aromatic carbocycles. The predicted molar refractivity (Wildman–Crippen MR) is 71.5 cm³/mol. The maximum Gasteiger partial charge on any atom is 0.0655 e. The molecule has 0 aromatic heterocycles. The molecule has 4 heteroatoms. The van der Waals surface area contributed by atoms with Gasteiger partial charge in [-0.05, 0) is 50.9 Å². The van der Waals surface area contributed by atoms with Gasteiger partial charge in [0.25, 0.3) is 0 Å². The van der Waals surface area contributed by atoms with E-state index in [-0.39, 0.29) is 0 Å². The van der Waals surface area contributed by atoms with Crippen LogP contribution in [0.25, 0.3) is 0 Å². The van der Waals surface area contributed by atoms with Crippen LogP contribution in [0, 0.1) is 0 Å². The number of piperazine rings is 1. The molecule has 1 fully saturated rings. The first kappa shape index (κ1) is 11.4. The second-order valence-corrected chi connectivity index (χ2v) is 5.58. The summed E-state index contributed by atoms with van der Waals surface area (Å²) in [5.41, 5.74) is 1.27. The fourth-order valence-electron chi connectivity index (χ4n) is 1.93. The molecule has 0 saturated carbocycles. The normalized spacial score (nSPS) is 21.8. The largest absolute Gasteiger partial charge is 0.367 e. The molecule has 1 heterocycles. The Morgan fingerprint density at radius 3 is 2.60 bits per heavy atom. The molecule has 1 atom stereocenters. The molecule has 0 spiro atoms. The molecule has 1 unspecified atom stereocenters. The number of para-hydroxylation sites is 1. The van der Waals surface area contributed by atoms with Crippen LogP contribution in [-0.4, -0.2) is 25.7 Å². The first-order valence-corrected chi connectivity index (χ1v) is 6.69. The highest BCUT2D eigenvalue weighted by Gasteiger charge is 2.19. The van der Waals surface area contributed by atoms with Gasteiger partial charge in [-0.15, -0.1) is 0 Å². The van der Waals surface area contributed by atoms with E-state index in [2.05, 4.69) is 61.1 Å². The molecule has 1 aliphatic rings. The molecule has 0 bridgehead atoms. The lowest BCUT2D eigenvalue weighted by Crippen LogP contribution is -2.49. The third kappa shape index (κ3) is 2.55. The van der Waals surface area contributed by atoms with Gasteiger partial charge >= 0.3 is 0 Å². The summed E-state index contributed by atoms with van der Waals surface area (Å²) in [7, 11) is 0. The molecular formula is C11H14Br2N2. The number of nitrogens with one attached hydrogen (secondary N) is 1. The smallest absolute Gasteiger partial charge is 0.0655 e. The van der Waals surface area contributed by atoms with Crippen LogP contribution >= 0.6 is 31.9 Å². The summed E-state index contributed by atoms with van der Waals surface area (Å²) in [6, 6.07) is 6.78. The number of nitrogens with zero attached hydrogens (tertiary/aromatic N) is 1. The van der Waals surface area contributed by atoms with E-state index in [9.17, 15) is 0 Å². The summed E-state index contributed by atoms with van der Waals surface area (Å²) in [5, 5.41) is 3.45. The maximum absolute atomic E-state index is 3.61. The lowest BCUT2D eigenvalue weighted by molar-refractivity contribution is 0.484. The molecule has 1 aliphatic heterocycles. The van der Waals surface area contributed by atoms with Gasteiger partial charge < -0.3 is 10.2 Å². The SMILES string of the molecule is CC1CN(c2c(Br)cccc2Br)CCN1. The lowest BCUT2D eigenvalue weighted by atomic mass is 10.2. The summed E-state index contributed by atoms with van der Waals surface area (Å²) in [6.07, 6.45) is 0. The van der Waals surface area contributed by atoms with Gasteiger partial charge in [0, 0.05) is 34.6 Å². The topological polar surface area (TPSA) is 15.3 Å². The van der Waals surface area contributed by atoms with Crippen LogP contribution in [0.2, 0.25) is 0 Å². The molecule has 1 saturated heterocycles. The molecule has 0 amide bonds. The number of rotatable bonds is 1. The van der Waals surface area contributed by atoms with E-state index in [4.69, 9.17) is 0 Å². The maximum atomic E-state index is 3.61. The molecule has 2 nitrogen and oxygen atoms in total. The summed E-state index contributed by atoms with van der Waals surface area (Å²) < 4.78 is 2.32. The van der Waals surface area contributed by atoms with Crippen LogP contribution in [-0.2, 0) is 0 Å².